The Labute approximate surface area is 108 Å². The fourth-order valence-corrected chi connectivity index (χ4v) is 0.684. The van der Waals surface area contributed by atoms with Gasteiger partial charge in [0.15, 0.2) is 0 Å². The van der Waals surface area contributed by atoms with Crippen molar-refractivity contribution in [2.75, 3.05) is 0 Å². The third-order valence-electron chi connectivity index (χ3n) is 1.25. The molecule has 0 amide bonds. The molecular weight excluding hydrogens is 305 g/mol. The fraction of sp³-hybridized carbons (Fsp3) is 0.500. The summed E-state index contributed by atoms with van der Waals surface area (Å²) in [5.74, 6) is -5.98. The minimum atomic E-state index is -2.97. The zero-order chi connectivity index (χ0) is 10.6. The minimum Gasteiger partial charge on any atom is -0.550 e. The largest absolute Gasteiger partial charge is 2.00 e. The molecule has 7 nitrogen and oxygen atoms in total. The zero-order valence-electron chi connectivity index (χ0n) is 7.37. The number of carboxylic acid groups (broad SMARTS) is 3. The summed E-state index contributed by atoms with van der Waals surface area (Å²) in [5.41, 5.74) is -2.97. The van der Waals surface area contributed by atoms with Crippen LogP contribution in [-0.2, 0) is 50.9 Å². The third kappa shape index (κ3) is 7.44. The van der Waals surface area contributed by atoms with E-state index < -0.39 is 36.4 Å². The van der Waals surface area contributed by atoms with Crippen molar-refractivity contribution < 1.29 is 71.4 Å². The van der Waals surface area contributed by atoms with E-state index in [9.17, 15) is 29.7 Å². The normalized spacial score (nSPS) is 9.40. The molecule has 0 unspecified atom stereocenters. The van der Waals surface area contributed by atoms with Crippen molar-refractivity contribution in [2.24, 2.45) is 0 Å². The molecular formula is C6H5FeO7Zn+. The molecule has 0 aliphatic heterocycles. The standard InChI is InChI=1S/C6H8O7.Fe.Zn/c7-3(8)1-6(13,5(11)12)2-4(9)10;;/h13H,1-2H2,(H,7,8)(H,9,10)(H,11,12);;/q;2*+2/p-3. The Hall–Kier alpha value is -0.487. The summed E-state index contributed by atoms with van der Waals surface area (Å²) in [4.78, 5) is 30.0. The van der Waals surface area contributed by atoms with Gasteiger partial charge >= 0.3 is 36.5 Å². The first-order valence-corrected chi connectivity index (χ1v) is 3.11. The van der Waals surface area contributed by atoms with E-state index in [4.69, 9.17) is 5.11 Å². The fourth-order valence-electron chi connectivity index (χ4n) is 0.684. The van der Waals surface area contributed by atoms with Gasteiger partial charge in [0.25, 0.3) is 0 Å². The number of carboxylic acids is 3. The van der Waals surface area contributed by atoms with Gasteiger partial charge in [0, 0.05) is 24.8 Å². The molecule has 0 radical (unpaired) electrons. The van der Waals surface area contributed by atoms with Crippen molar-refractivity contribution in [3.8, 4) is 0 Å². The molecule has 0 spiro atoms. The Bertz CT molecular complexity index is 238. The number of aliphatic carboxylic acids is 3. The van der Waals surface area contributed by atoms with Crippen molar-refractivity contribution in [2.45, 2.75) is 18.4 Å². The van der Waals surface area contributed by atoms with Crippen LogP contribution in [0.1, 0.15) is 12.8 Å². The van der Waals surface area contributed by atoms with Gasteiger partial charge in [-0.1, -0.05) is 0 Å². The maximum atomic E-state index is 10.1. The summed E-state index contributed by atoms with van der Waals surface area (Å²) in [7, 11) is 0. The molecule has 0 aromatic carbocycles. The molecule has 0 bridgehead atoms. The van der Waals surface area contributed by atoms with E-state index in [1.165, 1.54) is 0 Å². The van der Waals surface area contributed by atoms with Crippen molar-refractivity contribution in [3.05, 3.63) is 0 Å². The zero-order valence-corrected chi connectivity index (χ0v) is 11.4. The Kier molecular flexibility index (Phi) is 10.3. The molecule has 0 atom stereocenters. The van der Waals surface area contributed by atoms with Crippen LogP contribution in [0.4, 0.5) is 0 Å². The summed E-state index contributed by atoms with van der Waals surface area (Å²) in [6.45, 7) is 0. The maximum Gasteiger partial charge on any atom is 2.00 e. The molecule has 0 saturated heterocycles. The van der Waals surface area contributed by atoms with Crippen molar-refractivity contribution in [3.63, 3.8) is 0 Å². The molecule has 0 heterocycles. The molecule has 0 aliphatic rings. The van der Waals surface area contributed by atoms with E-state index >= 15 is 0 Å². The van der Waals surface area contributed by atoms with Crippen LogP contribution >= 0.6 is 0 Å². The van der Waals surface area contributed by atoms with Gasteiger partial charge in [-0.3, -0.25) is 0 Å². The third-order valence-corrected chi connectivity index (χ3v) is 1.25. The smallest absolute Gasteiger partial charge is 0.550 e. The Morgan fingerprint density at radius 2 is 1.27 bits per heavy atom. The first-order valence-electron chi connectivity index (χ1n) is 3.11. The summed E-state index contributed by atoms with van der Waals surface area (Å²) < 4.78 is 0. The van der Waals surface area contributed by atoms with Gasteiger partial charge in [0.1, 0.15) is 5.60 Å². The first kappa shape index (κ1) is 20.0. The van der Waals surface area contributed by atoms with Gasteiger partial charge in [0.2, 0.25) is 0 Å². The number of rotatable bonds is 5. The van der Waals surface area contributed by atoms with Crippen LogP contribution in [0.5, 0.6) is 0 Å². The van der Waals surface area contributed by atoms with Crippen molar-refractivity contribution >= 4 is 17.9 Å². The molecule has 0 aromatic heterocycles. The van der Waals surface area contributed by atoms with E-state index in [1.54, 1.807) is 0 Å². The number of hydrogen-bond acceptors (Lipinski definition) is 7. The van der Waals surface area contributed by atoms with E-state index in [0.717, 1.165) is 0 Å². The summed E-state index contributed by atoms with van der Waals surface area (Å²) in [6, 6.07) is 0. The second kappa shape index (κ2) is 7.76. The summed E-state index contributed by atoms with van der Waals surface area (Å²) >= 11 is 0. The number of carbonyl (C=O) groups is 3. The quantitative estimate of drug-likeness (QED) is 0.500. The van der Waals surface area contributed by atoms with Crippen LogP contribution in [0.2, 0.25) is 0 Å². The number of hydrogen-bond donors (Lipinski definition) is 1. The van der Waals surface area contributed by atoms with Crippen LogP contribution in [0, 0.1) is 0 Å². The van der Waals surface area contributed by atoms with E-state index in [0.29, 0.717) is 0 Å². The predicted molar refractivity (Wildman–Crippen MR) is 29.2 cm³/mol. The Morgan fingerprint density at radius 3 is 1.40 bits per heavy atom. The average molecular weight is 310 g/mol. The predicted octanol–water partition coefficient (Wildman–Crippen LogP) is -5.26. The SMILES string of the molecule is O=C([O-])CC(O)(CC(=O)[O-])C(=O)[O-].[Fe+2].[Zn+2]. The van der Waals surface area contributed by atoms with Crippen LogP contribution in [-0.4, -0.2) is 28.6 Å². The van der Waals surface area contributed by atoms with Gasteiger partial charge < -0.3 is 34.8 Å². The molecule has 0 rings (SSSR count). The molecule has 1 N–H and O–H groups in total. The molecule has 0 fully saturated rings. The molecule has 15 heavy (non-hydrogen) atoms. The molecule has 9 heteroatoms. The van der Waals surface area contributed by atoms with E-state index in [1.807, 2.05) is 0 Å². The minimum absolute atomic E-state index is 0. The second-order valence-electron chi connectivity index (χ2n) is 2.42. The van der Waals surface area contributed by atoms with Gasteiger partial charge in [-0.05, 0) is 0 Å². The van der Waals surface area contributed by atoms with E-state index in [-0.39, 0.29) is 36.5 Å². The Morgan fingerprint density at radius 1 is 1.00 bits per heavy atom. The van der Waals surface area contributed by atoms with Gasteiger partial charge in [-0.15, -0.1) is 0 Å². The topological polar surface area (TPSA) is 141 Å². The second-order valence-corrected chi connectivity index (χ2v) is 2.42. The maximum absolute atomic E-state index is 10.1. The Balaban J connectivity index is -0.000000720. The monoisotopic (exact) mass is 309 g/mol. The molecule has 0 aliphatic carbocycles. The number of aliphatic hydroxyl groups is 1. The molecule has 80 valence electrons. The summed E-state index contributed by atoms with van der Waals surface area (Å²) in [5, 5.41) is 38.9. The molecule has 0 saturated carbocycles. The van der Waals surface area contributed by atoms with Gasteiger partial charge in [-0.2, -0.15) is 0 Å². The van der Waals surface area contributed by atoms with Gasteiger partial charge in [-0.25, -0.2) is 0 Å². The van der Waals surface area contributed by atoms with Crippen LogP contribution in [0.15, 0.2) is 0 Å². The van der Waals surface area contributed by atoms with E-state index in [2.05, 4.69) is 0 Å². The van der Waals surface area contributed by atoms with Crippen LogP contribution in [0.25, 0.3) is 0 Å². The average Bonchev–Trinajstić information content (AvgIpc) is 1.82. The van der Waals surface area contributed by atoms with Gasteiger partial charge in [0.05, 0.1) is 5.97 Å². The molecule has 0 aromatic rings. The van der Waals surface area contributed by atoms with Crippen LogP contribution < -0.4 is 15.3 Å². The van der Waals surface area contributed by atoms with Crippen molar-refractivity contribution in [1.82, 2.24) is 0 Å². The van der Waals surface area contributed by atoms with Crippen LogP contribution in [0.3, 0.4) is 0 Å². The summed E-state index contributed by atoms with van der Waals surface area (Å²) in [6.07, 6.45) is -2.72. The first-order chi connectivity index (χ1) is 5.78. The number of carbonyl (C=O) groups excluding carboxylic acids is 3. The van der Waals surface area contributed by atoms with Crippen molar-refractivity contribution in [1.29, 1.82) is 0 Å².